The number of ether oxygens (including phenoxy) is 1. The molecule has 0 radical (unpaired) electrons. The lowest BCUT2D eigenvalue weighted by molar-refractivity contribution is -0.0425. The van der Waals surface area contributed by atoms with E-state index in [4.69, 9.17) is 10.5 Å². The molecular weight excluding hydrogens is 512 g/mol. The number of nitrogen functional groups attached to an aromatic ring is 1. The number of nitrogens with one attached hydrogen (secondary N) is 2. The first-order valence-electron chi connectivity index (χ1n) is 12.9. The maximum atomic E-state index is 12.7. The van der Waals surface area contributed by atoms with Gasteiger partial charge in [0.1, 0.15) is 12.3 Å². The van der Waals surface area contributed by atoms with Crippen molar-refractivity contribution in [1.29, 1.82) is 0 Å². The normalized spacial score (nSPS) is 19.2. The summed E-state index contributed by atoms with van der Waals surface area (Å²) < 4.78 is 9.68. The molecule has 1 fully saturated rings. The van der Waals surface area contributed by atoms with Gasteiger partial charge >= 0.3 is 0 Å². The molecular formula is C28H26N8O4. The Morgan fingerprint density at radius 2 is 1.98 bits per heavy atom. The van der Waals surface area contributed by atoms with Crippen LogP contribution in [0.4, 0.5) is 17.6 Å². The molecule has 40 heavy (non-hydrogen) atoms. The van der Waals surface area contributed by atoms with E-state index in [1.807, 2.05) is 43.5 Å². The molecule has 12 nitrogen and oxygen atoms in total. The van der Waals surface area contributed by atoms with E-state index in [2.05, 4.69) is 48.0 Å². The van der Waals surface area contributed by atoms with Gasteiger partial charge in [-0.05, 0) is 42.8 Å². The lowest BCUT2D eigenvalue weighted by Crippen LogP contribution is -2.24. The third-order valence-electron chi connectivity index (χ3n) is 7.43. The zero-order chi connectivity index (χ0) is 27.5. The monoisotopic (exact) mass is 538 g/mol. The molecule has 6 aromatic rings. The van der Waals surface area contributed by atoms with Crippen molar-refractivity contribution in [2.24, 2.45) is 0 Å². The molecule has 1 saturated heterocycles. The number of fused-ring (bicyclic) bond motifs is 4. The molecule has 3 atom stereocenters. The van der Waals surface area contributed by atoms with Gasteiger partial charge in [0.2, 0.25) is 11.9 Å². The number of anilines is 3. The highest BCUT2D eigenvalue weighted by Crippen LogP contribution is 2.36. The van der Waals surface area contributed by atoms with Crippen LogP contribution in [-0.4, -0.2) is 58.1 Å². The van der Waals surface area contributed by atoms with Crippen LogP contribution in [-0.2, 0) is 4.74 Å². The first-order chi connectivity index (χ1) is 19.4. The van der Waals surface area contributed by atoms with E-state index >= 15 is 0 Å². The third kappa shape index (κ3) is 3.72. The summed E-state index contributed by atoms with van der Waals surface area (Å²) in [5.41, 5.74) is 10.4. The molecule has 0 aliphatic carbocycles. The summed E-state index contributed by atoms with van der Waals surface area (Å²) in [6.07, 6.45) is 1.47. The van der Waals surface area contributed by atoms with E-state index in [1.165, 1.54) is 0 Å². The van der Waals surface area contributed by atoms with E-state index in [0.717, 1.165) is 38.7 Å². The van der Waals surface area contributed by atoms with Crippen molar-refractivity contribution in [3.8, 4) is 5.69 Å². The summed E-state index contributed by atoms with van der Waals surface area (Å²) in [5, 5.41) is 25.6. The van der Waals surface area contributed by atoms with Crippen LogP contribution in [0.2, 0.25) is 0 Å². The summed E-state index contributed by atoms with van der Waals surface area (Å²) >= 11 is 0. The summed E-state index contributed by atoms with van der Waals surface area (Å²) in [4.78, 5) is 28.3. The summed E-state index contributed by atoms with van der Waals surface area (Å²) in [5.74, 6) is 0.231. The van der Waals surface area contributed by atoms with Crippen LogP contribution >= 0.6 is 0 Å². The molecule has 2 aromatic carbocycles. The van der Waals surface area contributed by atoms with Gasteiger partial charge in [0.25, 0.3) is 5.56 Å². The number of aromatic nitrogens is 6. The molecule has 0 unspecified atom stereocenters. The Morgan fingerprint density at radius 3 is 2.77 bits per heavy atom. The van der Waals surface area contributed by atoms with Gasteiger partial charge in [0, 0.05) is 34.8 Å². The highest BCUT2D eigenvalue weighted by Gasteiger charge is 2.37. The van der Waals surface area contributed by atoms with Crippen molar-refractivity contribution < 1.29 is 14.9 Å². The fourth-order valence-electron chi connectivity index (χ4n) is 5.54. The van der Waals surface area contributed by atoms with Crippen molar-refractivity contribution >= 4 is 50.6 Å². The van der Waals surface area contributed by atoms with Crippen LogP contribution in [0.3, 0.4) is 0 Å². The Kier molecular flexibility index (Phi) is 5.56. The average molecular weight is 539 g/mol. The zero-order valence-electron chi connectivity index (χ0n) is 21.4. The summed E-state index contributed by atoms with van der Waals surface area (Å²) in [7, 11) is 0. The van der Waals surface area contributed by atoms with Gasteiger partial charge in [-0.3, -0.25) is 19.3 Å². The van der Waals surface area contributed by atoms with Crippen LogP contribution in [0.25, 0.3) is 38.7 Å². The Hall–Kier alpha value is -4.78. The molecule has 0 spiro atoms. The Balaban J connectivity index is 1.33. The Morgan fingerprint density at radius 1 is 1.15 bits per heavy atom. The molecule has 1 aliphatic rings. The number of aliphatic hydroxyl groups excluding tert-OH is 2. The topological polar surface area (TPSA) is 169 Å². The second kappa shape index (κ2) is 9.16. The molecule has 0 saturated carbocycles. The maximum Gasteiger partial charge on any atom is 0.280 e. The van der Waals surface area contributed by atoms with Gasteiger partial charge in [-0.2, -0.15) is 4.98 Å². The van der Waals surface area contributed by atoms with Crippen LogP contribution in [0, 0.1) is 6.92 Å². The number of H-pyrrole nitrogens is 1. The van der Waals surface area contributed by atoms with Gasteiger partial charge in [-0.1, -0.05) is 18.2 Å². The van der Waals surface area contributed by atoms with E-state index in [-0.39, 0.29) is 30.1 Å². The first-order valence-corrected chi connectivity index (χ1v) is 12.9. The highest BCUT2D eigenvalue weighted by atomic mass is 16.5. The number of para-hydroxylation sites is 1. The predicted molar refractivity (Wildman–Crippen MR) is 151 cm³/mol. The first kappa shape index (κ1) is 24.3. The van der Waals surface area contributed by atoms with Crippen LogP contribution < -0.4 is 16.6 Å². The number of imidazole rings is 1. The molecule has 6 N–H and O–H groups in total. The van der Waals surface area contributed by atoms with E-state index < -0.39 is 24.0 Å². The van der Waals surface area contributed by atoms with Gasteiger partial charge in [-0.25, -0.2) is 4.98 Å². The predicted octanol–water partition coefficient (Wildman–Crippen LogP) is 2.89. The number of rotatable bonds is 5. The molecule has 0 amide bonds. The van der Waals surface area contributed by atoms with E-state index in [9.17, 15) is 15.0 Å². The minimum Gasteiger partial charge on any atom is -0.394 e. The molecule has 1 aliphatic heterocycles. The third-order valence-corrected chi connectivity index (χ3v) is 7.43. The SMILES string of the molecule is Cc1cc(-n2c3ccccc3c3ccncc32)ccc1Nc1nc2c(=O)[nH]c(N)nc2n1[C@H]1C[C@H](O)[C@@H](CO)O1. The fraction of sp³-hybridized carbons (Fsp3) is 0.214. The minimum atomic E-state index is -0.888. The largest absolute Gasteiger partial charge is 0.394 e. The van der Waals surface area contributed by atoms with Gasteiger partial charge in [-0.15, -0.1) is 0 Å². The molecule has 202 valence electrons. The number of pyridine rings is 1. The number of aliphatic hydroxyl groups is 2. The number of aryl methyl sites for hydroxylation is 1. The smallest absolute Gasteiger partial charge is 0.280 e. The summed E-state index contributed by atoms with van der Waals surface area (Å²) in [6, 6.07) is 16.3. The quantitative estimate of drug-likeness (QED) is 0.221. The second-order valence-corrected chi connectivity index (χ2v) is 9.91. The molecule has 12 heteroatoms. The van der Waals surface area contributed by atoms with Crippen molar-refractivity contribution in [2.45, 2.75) is 31.8 Å². The maximum absolute atomic E-state index is 12.7. The van der Waals surface area contributed by atoms with Crippen LogP contribution in [0.15, 0.2) is 65.7 Å². The van der Waals surface area contributed by atoms with E-state index in [1.54, 1.807) is 10.8 Å². The number of nitrogens with zero attached hydrogens (tertiary/aromatic N) is 5. The van der Waals surface area contributed by atoms with Crippen LogP contribution in [0.5, 0.6) is 0 Å². The van der Waals surface area contributed by atoms with Crippen molar-refractivity contribution in [3.63, 3.8) is 0 Å². The van der Waals surface area contributed by atoms with Gasteiger partial charge < -0.3 is 30.6 Å². The second-order valence-electron chi connectivity index (χ2n) is 9.91. The number of hydrogen-bond acceptors (Lipinski definition) is 9. The van der Waals surface area contributed by atoms with Crippen LogP contribution in [0.1, 0.15) is 18.2 Å². The van der Waals surface area contributed by atoms with Crippen molar-refractivity contribution in [1.82, 2.24) is 29.1 Å². The van der Waals surface area contributed by atoms with E-state index in [0.29, 0.717) is 5.95 Å². The molecule has 5 heterocycles. The van der Waals surface area contributed by atoms with Crippen molar-refractivity contribution in [3.05, 3.63) is 76.8 Å². The Bertz CT molecular complexity index is 1920. The number of hydrogen-bond donors (Lipinski definition) is 5. The number of benzene rings is 2. The molecule has 4 aromatic heterocycles. The van der Waals surface area contributed by atoms with Gasteiger partial charge in [0.15, 0.2) is 11.2 Å². The Labute approximate surface area is 226 Å². The number of aromatic amines is 1. The minimum absolute atomic E-state index is 0.0661. The standard InChI is InChI=1S/C28H26N8O4/c1-14-10-15(35-19-5-3-2-4-16(19)17-8-9-30-12-20(17)35)6-7-18(14)31-28-32-24-25(33-27(29)34-26(24)39)36(28)23-11-21(38)22(13-37)40-23/h2-10,12,21-23,37-38H,11,13H2,1H3,(H,31,32)(H3,29,33,34,39)/t21-,22+,23+/m0/s1. The van der Waals surface area contributed by atoms with Gasteiger partial charge in [0.05, 0.1) is 29.9 Å². The molecule has 0 bridgehead atoms. The lowest BCUT2D eigenvalue weighted by Gasteiger charge is -2.18. The molecule has 7 rings (SSSR count). The highest BCUT2D eigenvalue weighted by molar-refractivity contribution is 6.08. The zero-order valence-corrected chi connectivity index (χ0v) is 21.4. The van der Waals surface area contributed by atoms with Crippen molar-refractivity contribution in [2.75, 3.05) is 17.7 Å². The number of nitrogens with two attached hydrogens (primary N) is 1. The fourth-order valence-corrected chi connectivity index (χ4v) is 5.54. The lowest BCUT2D eigenvalue weighted by atomic mass is 10.1. The average Bonchev–Trinajstić information content (AvgIpc) is 3.60. The summed E-state index contributed by atoms with van der Waals surface area (Å²) in [6.45, 7) is 1.63.